The molecule has 1 saturated heterocycles. The van der Waals surface area contributed by atoms with E-state index in [2.05, 4.69) is 4.98 Å². The number of benzene rings is 1. The normalized spacial score (nSPS) is 18.5. The van der Waals surface area contributed by atoms with Crippen molar-refractivity contribution in [1.82, 2.24) is 14.8 Å². The monoisotopic (exact) mass is 438 g/mol. The van der Waals surface area contributed by atoms with Crippen molar-refractivity contribution in [3.8, 4) is 0 Å². The molecule has 32 heavy (non-hydrogen) atoms. The number of carbonyl (C=O) groups is 3. The summed E-state index contributed by atoms with van der Waals surface area (Å²) in [5.41, 5.74) is 0.000452. The third kappa shape index (κ3) is 3.96. The Hall–Kier alpha value is -3.66. The molecule has 0 aliphatic carbocycles. The molecular formula is C22H22N4O6. The van der Waals surface area contributed by atoms with E-state index in [9.17, 15) is 24.5 Å². The first-order chi connectivity index (χ1) is 15.4. The van der Waals surface area contributed by atoms with E-state index >= 15 is 0 Å². The van der Waals surface area contributed by atoms with Gasteiger partial charge in [-0.1, -0.05) is 12.1 Å². The minimum Gasteiger partial charge on any atom is -0.376 e. The molecule has 1 fully saturated rings. The number of imide groups is 1. The second-order valence-electron chi connectivity index (χ2n) is 7.83. The summed E-state index contributed by atoms with van der Waals surface area (Å²) in [6.45, 7) is 2.63. The zero-order valence-corrected chi connectivity index (χ0v) is 17.5. The van der Waals surface area contributed by atoms with Gasteiger partial charge in [-0.3, -0.25) is 34.4 Å². The number of carbonyl (C=O) groups excluding carboxylic acids is 3. The predicted octanol–water partition coefficient (Wildman–Crippen LogP) is 2.18. The molecule has 1 aromatic heterocycles. The number of nitro groups is 1. The fourth-order valence-electron chi connectivity index (χ4n) is 4.14. The van der Waals surface area contributed by atoms with Crippen LogP contribution in [0.2, 0.25) is 0 Å². The van der Waals surface area contributed by atoms with Gasteiger partial charge in [0.1, 0.15) is 11.6 Å². The van der Waals surface area contributed by atoms with Gasteiger partial charge in [0.2, 0.25) is 5.91 Å². The van der Waals surface area contributed by atoms with Gasteiger partial charge < -0.3 is 9.64 Å². The zero-order valence-electron chi connectivity index (χ0n) is 17.5. The molecular weight excluding hydrogens is 416 g/mol. The Morgan fingerprint density at radius 3 is 2.78 bits per heavy atom. The molecule has 0 radical (unpaired) electrons. The standard InChI is InChI=1S/C22H22N4O6/c1-14(25-21(28)17-7-2-8-18(26(30)31)19(17)22(25)29)20(27)24(13-16-6-4-10-32-16)12-15-5-3-9-23-11-15/h2-3,5,7-9,11,14,16H,4,6,10,12-13H2,1H3. The third-order valence-electron chi connectivity index (χ3n) is 5.72. The molecule has 0 bridgehead atoms. The molecule has 3 heterocycles. The Labute approximate surface area is 183 Å². The molecule has 166 valence electrons. The summed E-state index contributed by atoms with van der Waals surface area (Å²) in [5.74, 6) is -1.99. The maximum atomic E-state index is 13.5. The van der Waals surface area contributed by atoms with Crippen LogP contribution in [0.15, 0.2) is 42.7 Å². The van der Waals surface area contributed by atoms with Crippen molar-refractivity contribution < 1.29 is 24.0 Å². The number of pyridine rings is 1. The van der Waals surface area contributed by atoms with Gasteiger partial charge in [0, 0.05) is 38.2 Å². The zero-order chi connectivity index (χ0) is 22.8. The summed E-state index contributed by atoms with van der Waals surface area (Å²) in [5, 5.41) is 11.4. The van der Waals surface area contributed by atoms with Crippen LogP contribution < -0.4 is 0 Å². The number of nitro benzene ring substituents is 1. The van der Waals surface area contributed by atoms with Crippen LogP contribution in [0.5, 0.6) is 0 Å². The number of ether oxygens (including phenoxy) is 1. The molecule has 2 aliphatic heterocycles. The second-order valence-corrected chi connectivity index (χ2v) is 7.83. The van der Waals surface area contributed by atoms with E-state index in [1.807, 2.05) is 6.07 Å². The molecule has 0 saturated carbocycles. The number of hydrogen-bond acceptors (Lipinski definition) is 7. The van der Waals surface area contributed by atoms with E-state index in [0.717, 1.165) is 23.3 Å². The smallest absolute Gasteiger partial charge is 0.282 e. The Balaban J connectivity index is 1.60. The van der Waals surface area contributed by atoms with Crippen LogP contribution >= 0.6 is 0 Å². The summed E-state index contributed by atoms with van der Waals surface area (Å²) < 4.78 is 5.68. The highest BCUT2D eigenvalue weighted by molar-refractivity contribution is 6.24. The molecule has 4 rings (SSSR count). The van der Waals surface area contributed by atoms with Crippen molar-refractivity contribution in [2.75, 3.05) is 13.2 Å². The Morgan fingerprint density at radius 2 is 2.12 bits per heavy atom. The lowest BCUT2D eigenvalue weighted by atomic mass is 10.1. The van der Waals surface area contributed by atoms with Crippen LogP contribution in [-0.4, -0.2) is 62.7 Å². The van der Waals surface area contributed by atoms with Gasteiger partial charge >= 0.3 is 0 Å². The van der Waals surface area contributed by atoms with Crippen LogP contribution in [0.3, 0.4) is 0 Å². The topological polar surface area (TPSA) is 123 Å². The first-order valence-corrected chi connectivity index (χ1v) is 10.3. The fourth-order valence-corrected chi connectivity index (χ4v) is 4.14. The fraction of sp³-hybridized carbons (Fsp3) is 0.364. The molecule has 10 nitrogen and oxygen atoms in total. The number of rotatable bonds is 7. The molecule has 1 aromatic carbocycles. The van der Waals surface area contributed by atoms with E-state index in [0.29, 0.717) is 13.2 Å². The molecule has 2 atom stereocenters. The second kappa shape index (κ2) is 8.83. The summed E-state index contributed by atoms with van der Waals surface area (Å²) in [6, 6.07) is 6.34. The quantitative estimate of drug-likeness (QED) is 0.369. The van der Waals surface area contributed by atoms with E-state index in [-0.39, 0.29) is 23.8 Å². The molecule has 2 unspecified atom stereocenters. The third-order valence-corrected chi connectivity index (χ3v) is 5.72. The van der Waals surface area contributed by atoms with Crippen molar-refractivity contribution in [2.24, 2.45) is 0 Å². The van der Waals surface area contributed by atoms with Crippen molar-refractivity contribution in [3.05, 3.63) is 69.5 Å². The minimum atomic E-state index is -1.14. The molecule has 0 spiro atoms. The van der Waals surface area contributed by atoms with Crippen LogP contribution in [-0.2, 0) is 16.1 Å². The van der Waals surface area contributed by atoms with Gasteiger partial charge in [0.25, 0.3) is 17.5 Å². The summed E-state index contributed by atoms with van der Waals surface area (Å²) >= 11 is 0. The van der Waals surface area contributed by atoms with Gasteiger partial charge in [0.15, 0.2) is 0 Å². The van der Waals surface area contributed by atoms with Crippen LogP contribution in [0.1, 0.15) is 46.0 Å². The number of nitrogens with zero attached hydrogens (tertiary/aromatic N) is 4. The number of aromatic nitrogens is 1. The van der Waals surface area contributed by atoms with Crippen LogP contribution in [0, 0.1) is 10.1 Å². The van der Waals surface area contributed by atoms with E-state index < -0.39 is 34.4 Å². The first-order valence-electron chi connectivity index (χ1n) is 10.3. The SMILES string of the molecule is CC(C(=O)N(Cc1cccnc1)CC1CCCO1)N1C(=O)c2cccc([N+](=O)[O-])c2C1=O. The first kappa shape index (κ1) is 21.6. The van der Waals surface area contributed by atoms with Gasteiger partial charge in [-0.05, 0) is 37.5 Å². The maximum Gasteiger partial charge on any atom is 0.282 e. The Bertz CT molecular complexity index is 1070. The van der Waals surface area contributed by atoms with Gasteiger partial charge in [-0.25, -0.2) is 0 Å². The molecule has 0 N–H and O–H groups in total. The highest BCUT2D eigenvalue weighted by atomic mass is 16.6. The van der Waals surface area contributed by atoms with Crippen LogP contribution in [0.4, 0.5) is 5.69 Å². The average molecular weight is 438 g/mol. The van der Waals surface area contributed by atoms with Gasteiger partial charge in [-0.2, -0.15) is 0 Å². The highest BCUT2D eigenvalue weighted by Gasteiger charge is 2.45. The molecule has 10 heteroatoms. The molecule has 2 aliphatic rings. The maximum absolute atomic E-state index is 13.5. The molecule has 2 aromatic rings. The van der Waals surface area contributed by atoms with Crippen molar-refractivity contribution >= 4 is 23.4 Å². The number of fused-ring (bicyclic) bond motifs is 1. The summed E-state index contributed by atoms with van der Waals surface area (Å²) in [4.78, 5) is 56.5. The highest BCUT2D eigenvalue weighted by Crippen LogP contribution is 2.32. The number of amides is 3. The lowest BCUT2D eigenvalue weighted by molar-refractivity contribution is -0.385. The molecule has 3 amide bonds. The Kier molecular flexibility index (Phi) is 5.95. The largest absolute Gasteiger partial charge is 0.376 e. The number of hydrogen-bond donors (Lipinski definition) is 0. The van der Waals surface area contributed by atoms with E-state index in [1.165, 1.54) is 25.1 Å². The predicted molar refractivity (Wildman–Crippen MR) is 112 cm³/mol. The Morgan fingerprint density at radius 1 is 1.31 bits per heavy atom. The van der Waals surface area contributed by atoms with Crippen molar-refractivity contribution in [2.45, 2.75) is 38.5 Å². The van der Waals surface area contributed by atoms with Crippen molar-refractivity contribution in [3.63, 3.8) is 0 Å². The summed E-state index contributed by atoms with van der Waals surface area (Å²) in [6.07, 6.45) is 4.85. The van der Waals surface area contributed by atoms with Gasteiger partial charge in [0.05, 0.1) is 16.6 Å². The van der Waals surface area contributed by atoms with Gasteiger partial charge in [-0.15, -0.1) is 0 Å². The summed E-state index contributed by atoms with van der Waals surface area (Å²) in [7, 11) is 0. The lowest BCUT2D eigenvalue weighted by Crippen LogP contribution is -2.50. The van der Waals surface area contributed by atoms with Crippen LogP contribution in [0.25, 0.3) is 0 Å². The minimum absolute atomic E-state index is 0.0678. The van der Waals surface area contributed by atoms with E-state index in [4.69, 9.17) is 4.74 Å². The average Bonchev–Trinajstić information content (AvgIpc) is 3.39. The van der Waals surface area contributed by atoms with Crippen molar-refractivity contribution in [1.29, 1.82) is 0 Å². The van der Waals surface area contributed by atoms with E-state index in [1.54, 1.807) is 23.4 Å². The lowest BCUT2D eigenvalue weighted by Gasteiger charge is -2.31.